The summed E-state index contributed by atoms with van der Waals surface area (Å²) in [4.78, 5) is 13.9. The summed E-state index contributed by atoms with van der Waals surface area (Å²) < 4.78 is 6.59. The number of likely N-dealkylation sites (tertiary alicyclic amines) is 1. The lowest BCUT2D eigenvalue weighted by Crippen LogP contribution is -2.37. The average molecular weight is 465 g/mol. The summed E-state index contributed by atoms with van der Waals surface area (Å²) in [5.41, 5.74) is 1.37. The molecule has 2 fully saturated rings. The SMILES string of the molecule is COc1ccc(Br)c(CC2CCN(CCC[C@H]3CC[C@H](NC(C)=O)CC3)CC2)c1. The minimum atomic E-state index is 0.121. The molecule has 4 nitrogen and oxygen atoms in total. The van der Waals surface area contributed by atoms with Crippen LogP contribution in [0.4, 0.5) is 0 Å². The Kier molecular flexibility index (Phi) is 8.85. The van der Waals surface area contributed by atoms with Gasteiger partial charge >= 0.3 is 0 Å². The molecule has 1 amide bonds. The van der Waals surface area contributed by atoms with Crippen molar-refractivity contribution < 1.29 is 9.53 Å². The van der Waals surface area contributed by atoms with Crippen LogP contribution in [-0.2, 0) is 11.2 Å². The number of benzene rings is 1. The maximum atomic E-state index is 11.2. The highest BCUT2D eigenvalue weighted by molar-refractivity contribution is 9.10. The maximum absolute atomic E-state index is 11.2. The third-order valence-corrected chi connectivity index (χ3v) is 7.58. The fourth-order valence-electron chi connectivity index (χ4n) is 5.05. The highest BCUT2D eigenvalue weighted by atomic mass is 79.9. The van der Waals surface area contributed by atoms with Crippen molar-refractivity contribution in [1.29, 1.82) is 0 Å². The number of piperidine rings is 1. The molecule has 1 N–H and O–H groups in total. The van der Waals surface area contributed by atoms with Crippen LogP contribution in [0.25, 0.3) is 0 Å². The van der Waals surface area contributed by atoms with Gasteiger partial charge in [0.15, 0.2) is 0 Å². The topological polar surface area (TPSA) is 41.6 Å². The Hall–Kier alpha value is -1.07. The molecule has 0 aromatic heterocycles. The number of carbonyl (C=O) groups is 1. The smallest absolute Gasteiger partial charge is 0.217 e. The van der Waals surface area contributed by atoms with Gasteiger partial charge in [-0.3, -0.25) is 4.79 Å². The fraction of sp³-hybridized carbons (Fsp3) is 0.708. The van der Waals surface area contributed by atoms with Crippen LogP contribution in [0.2, 0.25) is 0 Å². The molecule has 0 spiro atoms. The zero-order chi connectivity index (χ0) is 20.6. The van der Waals surface area contributed by atoms with Crippen molar-refractivity contribution in [2.45, 2.75) is 70.8 Å². The van der Waals surface area contributed by atoms with E-state index in [4.69, 9.17) is 4.74 Å². The Labute approximate surface area is 184 Å². The van der Waals surface area contributed by atoms with Crippen LogP contribution in [0.3, 0.4) is 0 Å². The van der Waals surface area contributed by atoms with Crippen molar-refractivity contribution in [3.8, 4) is 5.75 Å². The van der Waals surface area contributed by atoms with Gasteiger partial charge in [0.2, 0.25) is 5.91 Å². The Morgan fingerprint density at radius 3 is 2.52 bits per heavy atom. The van der Waals surface area contributed by atoms with Crippen molar-refractivity contribution in [2.24, 2.45) is 11.8 Å². The standard InChI is InChI=1S/C24H37BrN2O2/c1-18(28)26-22-7-5-19(6-8-22)4-3-13-27-14-11-20(12-15-27)16-21-17-23(29-2)9-10-24(21)25/h9-10,17,19-20,22H,3-8,11-16H2,1-2H3,(H,26,28)/t19-,22-. The number of ether oxygens (including phenoxy) is 1. The molecule has 2 aliphatic rings. The molecular weight excluding hydrogens is 428 g/mol. The first-order valence-electron chi connectivity index (χ1n) is 11.4. The lowest BCUT2D eigenvalue weighted by Gasteiger charge is -2.33. The van der Waals surface area contributed by atoms with Crippen LogP contribution in [0.1, 0.15) is 63.9 Å². The van der Waals surface area contributed by atoms with Crippen LogP contribution in [-0.4, -0.2) is 43.6 Å². The predicted molar refractivity (Wildman–Crippen MR) is 122 cm³/mol. The van der Waals surface area contributed by atoms with E-state index in [0.717, 1.165) is 36.8 Å². The molecule has 162 valence electrons. The number of carbonyl (C=O) groups excluding carboxylic acids is 1. The first kappa shape index (κ1) is 22.6. The van der Waals surface area contributed by atoms with E-state index in [2.05, 4.69) is 38.3 Å². The van der Waals surface area contributed by atoms with Crippen LogP contribution in [0.15, 0.2) is 22.7 Å². The van der Waals surface area contributed by atoms with Gasteiger partial charge in [-0.1, -0.05) is 15.9 Å². The lowest BCUT2D eigenvalue weighted by molar-refractivity contribution is -0.119. The lowest BCUT2D eigenvalue weighted by atomic mass is 9.83. The Bertz CT molecular complexity index is 650. The summed E-state index contributed by atoms with van der Waals surface area (Å²) in [6.07, 6.45) is 11.3. The molecule has 1 heterocycles. The van der Waals surface area contributed by atoms with Gasteiger partial charge in [-0.15, -0.1) is 0 Å². The van der Waals surface area contributed by atoms with E-state index in [9.17, 15) is 4.79 Å². The van der Waals surface area contributed by atoms with Crippen molar-refractivity contribution >= 4 is 21.8 Å². The number of methoxy groups -OCH3 is 1. The van der Waals surface area contributed by atoms with Crippen LogP contribution in [0, 0.1) is 11.8 Å². The molecule has 1 aliphatic carbocycles. The molecule has 1 saturated carbocycles. The fourth-order valence-corrected chi connectivity index (χ4v) is 5.45. The summed E-state index contributed by atoms with van der Waals surface area (Å²) in [7, 11) is 1.74. The third kappa shape index (κ3) is 7.29. The van der Waals surface area contributed by atoms with Gasteiger partial charge in [-0.05, 0) is 113 Å². The zero-order valence-electron chi connectivity index (χ0n) is 18.1. The molecule has 1 saturated heterocycles. The van der Waals surface area contributed by atoms with E-state index in [1.807, 2.05) is 6.07 Å². The van der Waals surface area contributed by atoms with Crippen LogP contribution >= 0.6 is 15.9 Å². The predicted octanol–water partition coefficient (Wildman–Crippen LogP) is 5.19. The third-order valence-electron chi connectivity index (χ3n) is 6.81. The van der Waals surface area contributed by atoms with E-state index in [-0.39, 0.29) is 5.91 Å². The Balaban J connectivity index is 1.31. The average Bonchev–Trinajstić information content (AvgIpc) is 2.72. The Morgan fingerprint density at radius 2 is 1.86 bits per heavy atom. The van der Waals surface area contributed by atoms with Gasteiger partial charge < -0.3 is 15.0 Å². The van der Waals surface area contributed by atoms with Gasteiger partial charge in [-0.25, -0.2) is 0 Å². The number of amides is 1. The highest BCUT2D eigenvalue weighted by Gasteiger charge is 2.23. The summed E-state index contributed by atoms with van der Waals surface area (Å²) in [6, 6.07) is 6.72. The van der Waals surface area contributed by atoms with E-state index in [1.54, 1.807) is 14.0 Å². The van der Waals surface area contributed by atoms with E-state index in [1.165, 1.54) is 68.2 Å². The largest absolute Gasteiger partial charge is 0.497 e. The number of nitrogens with one attached hydrogen (secondary N) is 1. The molecular formula is C24H37BrN2O2. The first-order chi connectivity index (χ1) is 14.0. The van der Waals surface area contributed by atoms with Gasteiger partial charge in [0.05, 0.1) is 7.11 Å². The zero-order valence-corrected chi connectivity index (χ0v) is 19.7. The molecule has 3 rings (SSSR count). The van der Waals surface area contributed by atoms with Crippen molar-refractivity contribution in [1.82, 2.24) is 10.2 Å². The minimum Gasteiger partial charge on any atom is -0.497 e. The summed E-state index contributed by atoms with van der Waals surface area (Å²) >= 11 is 3.70. The number of nitrogens with zero attached hydrogens (tertiary/aromatic N) is 1. The molecule has 29 heavy (non-hydrogen) atoms. The van der Waals surface area contributed by atoms with Gasteiger partial charge in [0.1, 0.15) is 5.75 Å². The minimum absolute atomic E-state index is 0.121. The quantitative estimate of drug-likeness (QED) is 0.575. The molecule has 1 aromatic carbocycles. The van der Waals surface area contributed by atoms with E-state index in [0.29, 0.717) is 6.04 Å². The molecule has 0 bridgehead atoms. The Morgan fingerprint density at radius 1 is 1.14 bits per heavy atom. The molecule has 0 radical (unpaired) electrons. The molecule has 1 aliphatic heterocycles. The van der Waals surface area contributed by atoms with Crippen molar-refractivity contribution in [3.63, 3.8) is 0 Å². The van der Waals surface area contributed by atoms with E-state index >= 15 is 0 Å². The summed E-state index contributed by atoms with van der Waals surface area (Å²) in [5.74, 6) is 2.71. The molecule has 1 aromatic rings. The second-order valence-electron chi connectivity index (χ2n) is 9.01. The number of hydrogen-bond donors (Lipinski definition) is 1. The second kappa shape index (κ2) is 11.4. The number of hydrogen-bond acceptors (Lipinski definition) is 3. The van der Waals surface area contributed by atoms with Crippen LogP contribution < -0.4 is 10.1 Å². The van der Waals surface area contributed by atoms with Gasteiger partial charge in [0, 0.05) is 17.4 Å². The number of halogens is 1. The molecule has 0 unspecified atom stereocenters. The molecule has 5 heteroatoms. The van der Waals surface area contributed by atoms with Crippen molar-refractivity contribution in [3.05, 3.63) is 28.2 Å². The van der Waals surface area contributed by atoms with E-state index < -0.39 is 0 Å². The van der Waals surface area contributed by atoms with Gasteiger partial charge in [0.25, 0.3) is 0 Å². The molecule has 0 atom stereocenters. The monoisotopic (exact) mass is 464 g/mol. The highest BCUT2D eigenvalue weighted by Crippen LogP contribution is 2.30. The summed E-state index contributed by atoms with van der Waals surface area (Å²) in [6.45, 7) is 5.36. The van der Waals surface area contributed by atoms with Crippen molar-refractivity contribution in [2.75, 3.05) is 26.7 Å². The first-order valence-corrected chi connectivity index (χ1v) is 12.1. The number of rotatable bonds is 8. The van der Waals surface area contributed by atoms with Crippen LogP contribution in [0.5, 0.6) is 5.75 Å². The second-order valence-corrected chi connectivity index (χ2v) is 9.86. The maximum Gasteiger partial charge on any atom is 0.217 e. The normalized spacial score (nSPS) is 23.7. The summed E-state index contributed by atoms with van der Waals surface area (Å²) in [5, 5.41) is 3.08. The van der Waals surface area contributed by atoms with Gasteiger partial charge in [-0.2, -0.15) is 0 Å².